The van der Waals surface area contributed by atoms with Crippen molar-refractivity contribution in [2.45, 2.75) is 29.5 Å². The molecule has 0 N–H and O–H groups in total. The lowest BCUT2D eigenvalue weighted by atomic mass is 10.1. The zero-order chi connectivity index (χ0) is 12.5. The molecular weight excluding hydrogens is 272 g/mol. The smallest absolute Gasteiger partial charge is 0.151 e. The lowest BCUT2D eigenvalue weighted by Crippen LogP contribution is -2.06. The average Bonchev–Trinajstić information content (AvgIpc) is 2.91. The molecule has 96 valence electrons. The Kier molecular flexibility index (Phi) is 3.52. The van der Waals surface area contributed by atoms with E-state index in [0.717, 1.165) is 20.3 Å². The number of hydrogen-bond acceptors (Lipinski definition) is 3. The lowest BCUT2D eigenvalue weighted by molar-refractivity contribution is 0.199. The second-order valence-corrected chi connectivity index (χ2v) is 6.93. The highest BCUT2D eigenvalue weighted by molar-refractivity contribution is 8.01. The molecule has 1 heterocycles. The van der Waals surface area contributed by atoms with Crippen LogP contribution in [0.5, 0.6) is 0 Å². The molecule has 0 bridgehead atoms. The fourth-order valence-corrected chi connectivity index (χ4v) is 4.49. The first-order chi connectivity index (χ1) is 8.72. The van der Waals surface area contributed by atoms with Gasteiger partial charge in [-0.2, -0.15) is 0 Å². The number of benzene rings is 1. The highest BCUT2D eigenvalue weighted by atomic mass is 32.2. The Labute approximate surface area is 113 Å². The van der Waals surface area contributed by atoms with Crippen molar-refractivity contribution in [3.05, 3.63) is 24.3 Å². The summed E-state index contributed by atoms with van der Waals surface area (Å²) in [5, 5.41) is 0. The summed E-state index contributed by atoms with van der Waals surface area (Å²) in [4.78, 5) is 4.51. The molecule has 1 saturated carbocycles. The SMILES string of the molecule is F[C@@H]1CC(CSc2nc3ccccc3s2)C[C@@H]1F. The maximum atomic E-state index is 13.1. The summed E-state index contributed by atoms with van der Waals surface area (Å²) in [7, 11) is 0. The number of alkyl halides is 2. The van der Waals surface area contributed by atoms with Crippen LogP contribution < -0.4 is 0 Å². The molecule has 0 amide bonds. The van der Waals surface area contributed by atoms with Crippen LogP contribution in [0.2, 0.25) is 0 Å². The predicted molar refractivity (Wildman–Crippen MR) is 72.9 cm³/mol. The molecule has 3 atom stereocenters. The third-order valence-electron chi connectivity index (χ3n) is 3.23. The van der Waals surface area contributed by atoms with Crippen LogP contribution >= 0.6 is 23.1 Å². The van der Waals surface area contributed by atoms with Crippen molar-refractivity contribution >= 4 is 33.3 Å². The topological polar surface area (TPSA) is 12.9 Å². The molecule has 0 saturated heterocycles. The van der Waals surface area contributed by atoms with Crippen LogP contribution in [-0.2, 0) is 0 Å². The maximum Gasteiger partial charge on any atom is 0.151 e. The molecule has 18 heavy (non-hydrogen) atoms. The number of nitrogens with zero attached hydrogens (tertiary/aromatic N) is 1. The van der Waals surface area contributed by atoms with Gasteiger partial charge in [-0.1, -0.05) is 23.9 Å². The van der Waals surface area contributed by atoms with E-state index < -0.39 is 12.3 Å². The van der Waals surface area contributed by atoms with E-state index in [0.29, 0.717) is 12.8 Å². The van der Waals surface area contributed by atoms with Crippen LogP contribution in [0.25, 0.3) is 10.2 Å². The molecular formula is C13H13F2NS2. The van der Waals surface area contributed by atoms with Crippen LogP contribution in [0.1, 0.15) is 12.8 Å². The van der Waals surface area contributed by atoms with Crippen molar-refractivity contribution in [3.63, 3.8) is 0 Å². The van der Waals surface area contributed by atoms with Gasteiger partial charge < -0.3 is 0 Å². The summed E-state index contributed by atoms with van der Waals surface area (Å²) in [6, 6.07) is 7.99. The molecule has 1 aromatic carbocycles. The van der Waals surface area contributed by atoms with Crippen LogP contribution in [-0.4, -0.2) is 23.1 Å². The highest BCUT2D eigenvalue weighted by Gasteiger charge is 2.34. The first kappa shape index (κ1) is 12.4. The van der Waals surface area contributed by atoms with Crippen molar-refractivity contribution in [1.82, 2.24) is 4.98 Å². The first-order valence-corrected chi connectivity index (χ1v) is 7.79. The summed E-state index contributed by atoms with van der Waals surface area (Å²) in [6.07, 6.45) is -1.80. The normalized spacial score (nSPS) is 28.0. The van der Waals surface area contributed by atoms with Gasteiger partial charge in [0.2, 0.25) is 0 Å². The number of rotatable bonds is 3. The van der Waals surface area contributed by atoms with Crippen LogP contribution in [0, 0.1) is 5.92 Å². The minimum Gasteiger partial charge on any atom is -0.244 e. The minimum atomic E-state index is -1.26. The van der Waals surface area contributed by atoms with Crippen LogP contribution in [0.15, 0.2) is 28.6 Å². The van der Waals surface area contributed by atoms with Crippen molar-refractivity contribution in [2.24, 2.45) is 5.92 Å². The van der Waals surface area contributed by atoms with Gasteiger partial charge in [-0.05, 0) is 30.9 Å². The van der Waals surface area contributed by atoms with Gasteiger partial charge in [-0.15, -0.1) is 11.3 Å². The zero-order valence-electron chi connectivity index (χ0n) is 9.68. The summed E-state index contributed by atoms with van der Waals surface area (Å²) >= 11 is 3.27. The van der Waals surface area contributed by atoms with Gasteiger partial charge in [-0.3, -0.25) is 0 Å². The molecule has 1 aliphatic carbocycles. The van der Waals surface area contributed by atoms with Crippen molar-refractivity contribution in [2.75, 3.05) is 5.75 Å². The van der Waals surface area contributed by atoms with Crippen molar-refractivity contribution in [1.29, 1.82) is 0 Å². The third kappa shape index (κ3) is 2.52. The first-order valence-electron chi connectivity index (χ1n) is 5.99. The quantitative estimate of drug-likeness (QED) is 0.771. The number of thioether (sulfide) groups is 1. The number of para-hydroxylation sites is 1. The molecule has 1 nitrogen and oxygen atoms in total. The number of halogens is 2. The molecule has 1 aliphatic rings. The van der Waals surface area contributed by atoms with Crippen molar-refractivity contribution in [3.8, 4) is 0 Å². The van der Waals surface area contributed by atoms with Gasteiger partial charge in [0.1, 0.15) is 12.3 Å². The summed E-state index contributed by atoms with van der Waals surface area (Å²) in [6.45, 7) is 0. The fraction of sp³-hybridized carbons (Fsp3) is 0.462. The van der Waals surface area contributed by atoms with E-state index >= 15 is 0 Å². The van der Waals surface area contributed by atoms with E-state index in [4.69, 9.17) is 0 Å². The Morgan fingerprint density at radius 1 is 1.22 bits per heavy atom. The number of hydrogen-bond donors (Lipinski definition) is 0. The standard InChI is InChI=1S/C13H13F2NS2/c14-9-5-8(6-10(9)15)7-17-13-16-11-3-1-2-4-12(11)18-13/h1-4,8-10H,5-7H2/t8?,9-,10+. The number of thiazole rings is 1. The fourth-order valence-electron chi connectivity index (χ4n) is 2.27. The van der Waals surface area contributed by atoms with E-state index in [-0.39, 0.29) is 5.92 Å². The Hall–Kier alpha value is -0.680. The van der Waals surface area contributed by atoms with Gasteiger partial charge in [0, 0.05) is 5.75 Å². The Bertz CT molecular complexity index is 500. The monoisotopic (exact) mass is 285 g/mol. The molecule has 0 spiro atoms. The largest absolute Gasteiger partial charge is 0.244 e. The van der Waals surface area contributed by atoms with Gasteiger partial charge in [-0.25, -0.2) is 13.8 Å². The number of fused-ring (bicyclic) bond motifs is 1. The average molecular weight is 285 g/mol. The number of aromatic nitrogens is 1. The Balaban J connectivity index is 1.63. The van der Waals surface area contributed by atoms with E-state index in [9.17, 15) is 8.78 Å². The molecule has 2 aromatic rings. The van der Waals surface area contributed by atoms with Crippen LogP contribution in [0.4, 0.5) is 8.78 Å². The predicted octanol–water partition coefficient (Wildman–Crippen LogP) is 4.47. The van der Waals surface area contributed by atoms with E-state index in [1.54, 1.807) is 23.1 Å². The van der Waals surface area contributed by atoms with E-state index in [2.05, 4.69) is 4.98 Å². The highest BCUT2D eigenvalue weighted by Crippen LogP contribution is 2.36. The second-order valence-electron chi connectivity index (χ2n) is 4.63. The zero-order valence-corrected chi connectivity index (χ0v) is 11.3. The molecule has 0 radical (unpaired) electrons. The Morgan fingerprint density at radius 2 is 1.94 bits per heavy atom. The van der Waals surface area contributed by atoms with E-state index in [1.165, 1.54) is 0 Å². The summed E-state index contributed by atoms with van der Waals surface area (Å²) in [5.41, 5.74) is 1.00. The minimum absolute atomic E-state index is 0.145. The van der Waals surface area contributed by atoms with Gasteiger partial charge in [0.25, 0.3) is 0 Å². The van der Waals surface area contributed by atoms with Gasteiger partial charge >= 0.3 is 0 Å². The van der Waals surface area contributed by atoms with E-state index in [1.807, 2.05) is 24.3 Å². The summed E-state index contributed by atoms with van der Waals surface area (Å²) in [5.74, 6) is 0.910. The second kappa shape index (κ2) is 5.13. The molecule has 5 heteroatoms. The molecule has 1 fully saturated rings. The van der Waals surface area contributed by atoms with Gasteiger partial charge in [0.05, 0.1) is 10.2 Å². The molecule has 3 rings (SSSR count). The Morgan fingerprint density at radius 3 is 2.67 bits per heavy atom. The van der Waals surface area contributed by atoms with Gasteiger partial charge in [0.15, 0.2) is 4.34 Å². The molecule has 1 unspecified atom stereocenters. The van der Waals surface area contributed by atoms with Crippen LogP contribution in [0.3, 0.4) is 0 Å². The van der Waals surface area contributed by atoms with Crippen molar-refractivity contribution < 1.29 is 8.78 Å². The summed E-state index contributed by atoms with van der Waals surface area (Å²) < 4.78 is 28.3. The molecule has 0 aliphatic heterocycles. The maximum absolute atomic E-state index is 13.1. The third-order valence-corrected chi connectivity index (χ3v) is 5.64. The molecule has 1 aromatic heterocycles. The lowest BCUT2D eigenvalue weighted by Gasteiger charge is -2.05.